The topological polar surface area (TPSA) is 3.24 Å². The van der Waals surface area contributed by atoms with E-state index in [1.54, 1.807) is 25.7 Å². The summed E-state index contributed by atoms with van der Waals surface area (Å²) < 4.78 is 0. The van der Waals surface area contributed by atoms with E-state index in [9.17, 15) is 0 Å². The Morgan fingerprint density at radius 2 is 1.43 bits per heavy atom. The number of hydrogen-bond donors (Lipinski definition) is 0. The molecular weight excluding hydrogens is 170 g/mol. The Balaban J connectivity index is 1.43. The molecule has 0 spiro atoms. The molecule has 0 atom stereocenters. The minimum Gasteiger partial charge on any atom is -0.300 e. The van der Waals surface area contributed by atoms with Crippen LogP contribution in [0, 0.1) is 11.8 Å². The van der Waals surface area contributed by atoms with Crippen LogP contribution in [-0.4, -0.2) is 24.0 Å². The van der Waals surface area contributed by atoms with E-state index in [-0.39, 0.29) is 0 Å². The first-order valence-electron chi connectivity index (χ1n) is 6.67. The Bertz CT molecular complexity index is 185. The van der Waals surface area contributed by atoms with Gasteiger partial charge in [-0.15, -0.1) is 0 Å². The molecule has 0 aromatic rings. The maximum atomic E-state index is 2.78. The van der Waals surface area contributed by atoms with Gasteiger partial charge in [-0.25, -0.2) is 0 Å². The van der Waals surface area contributed by atoms with E-state index in [4.69, 9.17) is 0 Å². The van der Waals surface area contributed by atoms with Crippen molar-refractivity contribution < 1.29 is 0 Å². The Kier molecular flexibility index (Phi) is 2.53. The highest BCUT2D eigenvalue weighted by Gasteiger charge is 2.39. The second kappa shape index (κ2) is 3.84. The number of nitrogens with zero attached hydrogens (tertiary/aromatic N) is 1. The van der Waals surface area contributed by atoms with Crippen molar-refractivity contribution in [2.75, 3.05) is 13.1 Å². The lowest BCUT2D eigenvalue weighted by Gasteiger charge is -2.49. The molecule has 1 aliphatic heterocycles. The lowest BCUT2D eigenvalue weighted by atomic mass is 9.64. The third-order valence-corrected chi connectivity index (χ3v) is 4.87. The summed E-state index contributed by atoms with van der Waals surface area (Å²) in [6.45, 7) is 2.81. The Morgan fingerprint density at radius 1 is 0.714 bits per heavy atom. The van der Waals surface area contributed by atoms with Crippen LogP contribution in [0.2, 0.25) is 0 Å². The molecule has 14 heavy (non-hydrogen) atoms. The first kappa shape index (κ1) is 9.21. The van der Waals surface area contributed by atoms with Crippen molar-refractivity contribution >= 4 is 0 Å². The van der Waals surface area contributed by atoms with Crippen molar-refractivity contribution in [3.05, 3.63) is 0 Å². The maximum absolute atomic E-state index is 2.78. The summed E-state index contributed by atoms with van der Waals surface area (Å²) in [5.74, 6) is 2.28. The van der Waals surface area contributed by atoms with Gasteiger partial charge in [0.1, 0.15) is 0 Å². The number of piperidine rings is 1. The van der Waals surface area contributed by atoms with Crippen LogP contribution < -0.4 is 0 Å². The summed E-state index contributed by atoms with van der Waals surface area (Å²) in [4.78, 5) is 2.78. The van der Waals surface area contributed by atoms with Crippen LogP contribution in [0.1, 0.15) is 51.4 Å². The molecule has 0 aromatic heterocycles. The Morgan fingerprint density at radius 3 is 2.00 bits per heavy atom. The van der Waals surface area contributed by atoms with E-state index in [1.165, 1.54) is 38.8 Å². The molecule has 3 aliphatic rings. The van der Waals surface area contributed by atoms with Crippen molar-refractivity contribution in [1.29, 1.82) is 0 Å². The minimum atomic E-state index is 1.00. The number of rotatable bonds is 2. The van der Waals surface area contributed by atoms with E-state index in [0.29, 0.717) is 0 Å². The molecular formula is C13H23N. The fraction of sp³-hybridized carbons (Fsp3) is 1.00. The third kappa shape index (κ3) is 1.60. The van der Waals surface area contributed by atoms with Crippen molar-refractivity contribution in [3.63, 3.8) is 0 Å². The Labute approximate surface area is 87.9 Å². The normalized spacial score (nSPS) is 40.3. The predicted molar refractivity (Wildman–Crippen MR) is 59.3 cm³/mol. The molecule has 1 heterocycles. The fourth-order valence-corrected chi connectivity index (χ4v) is 3.51. The molecule has 0 radical (unpaired) electrons. The summed E-state index contributed by atoms with van der Waals surface area (Å²) in [5, 5.41) is 0. The van der Waals surface area contributed by atoms with Crippen LogP contribution in [0.5, 0.6) is 0 Å². The van der Waals surface area contributed by atoms with Crippen molar-refractivity contribution in [3.8, 4) is 0 Å². The molecule has 1 nitrogen and oxygen atoms in total. The van der Waals surface area contributed by atoms with Gasteiger partial charge in [0.05, 0.1) is 0 Å². The molecule has 80 valence electrons. The van der Waals surface area contributed by atoms with Crippen LogP contribution >= 0.6 is 0 Å². The van der Waals surface area contributed by atoms with Crippen LogP contribution in [0.15, 0.2) is 0 Å². The van der Waals surface area contributed by atoms with Gasteiger partial charge in [0.15, 0.2) is 0 Å². The highest BCUT2D eigenvalue weighted by Crippen LogP contribution is 2.45. The van der Waals surface area contributed by atoms with Gasteiger partial charge in [-0.2, -0.15) is 0 Å². The molecule has 0 aromatic carbocycles. The van der Waals surface area contributed by atoms with Gasteiger partial charge in [-0.3, -0.25) is 0 Å². The lowest BCUT2D eigenvalue weighted by molar-refractivity contribution is 0.0140. The quantitative estimate of drug-likeness (QED) is 0.651. The average Bonchev–Trinajstić information content (AvgIpc) is 2.09. The Hall–Kier alpha value is -0.0400. The molecule has 3 rings (SSSR count). The second-order valence-corrected chi connectivity index (χ2v) is 5.67. The first-order chi connectivity index (χ1) is 6.93. The summed E-state index contributed by atoms with van der Waals surface area (Å²) in [6.07, 6.45) is 12.1. The molecule has 1 heteroatoms. The number of hydrogen-bond acceptors (Lipinski definition) is 1. The van der Waals surface area contributed by atoms with Crippen molar-refractivity contribution in [1.82, 2.24) is 4.90 Å². The molecule has 0 bridgehead atoms. The van der Waals surface area contributed by atoms with Crippen molar-refractivity contribution in [2.24, 2.45) is 11.8 Å². The van der Waals surface area contributed by atoms with Crippen LogP contribution in [0.4, 0.5) is 0 Å². The van der Waals surface area contributed by atoms with Gasteiger partial charge in [-0.05, 0) is 50.6 Å². The minimum absolute atomic E-state index is 1.00. The molecule has 3 fully saturated rings. The smallest absolute Gasteiger partial charge is 0.0101 e. The largest absolute Gasteiger partial charge is 0.300 e. The second-order valence-electron chi connectivity index (χ2n) is 5.67. The van der Waals surface area contributed by atoms with Crippen molar-refractivity contribution in [2.45, 2.75) is 57.4 Å². The van der Waals surface area contributed by atoms with Gasteiger partial charge in [0, 0.05) is 6.04 Å². The van der Waals surface area contributed by atoms with E-state index in [1.807, 2.05) is 0 Å². The van der Waals surface area contributed by atoms with Crippen LogP contribution in [0.25, 0.3) is 0 Å². The van der Waals surface area contributed by atoms with Crippen LogP contribution in [-0.2, 0) is 0 Å². The van der Waals surface area contributed by atoms with Crippen LogP contribution in [0.3, 0.4) is 0 Å². The van der Waals surface area contributed by atoms with Gasteiger partial charge < -0.3 is 4.90 Å². The summed E-state index contributed by atoms with van der Waals surface area (Å²) in [6, 6.07) is 1.00. The van der Waals surface area contributed by atoms with Gasteiger partial charge in [0.2, 0.25) is 0 Å². The van der Waals surface area contributed by atoms with E-state index in [0.717, 1.165) is 17.9 Å². The van der Waals surface area contributed by atoms with E-state index in [2.05, 4.69) is 4.90 Å². The SMILES string of the molecule is C1CCN(C2CC(C3CCC3)C2)CC1. The molecule has 1 saturated heterocycles. The lowest BCUT2D eigenvalue weighted by Crippen LogP contribution is -2.49. The van der Waals surface area contributed by atoms with Gasteiger partial charge >= 0.3 is 0 Å². The fourth-order valence-electron chi connectivity index (χ4n) is 3.51. The first-order valence-corrected chi connectivity index (χ1v) is 6.67. The van der Waals surface area contributed by atoms with E-state index >= 15 is 0 Å². The standard InChI is InChI=1S/C13H23N/c1-2-7-14(8-3-1)13-9-12(10-13)11-5-4-6-11/h11-13H,1-10H2. The van der Waals surface area contributed by atoms with Gasteiger partial charge in [-0.1, -0.05) is 25.7 Å². The molecule has 0 N–H and O–H groups in total. The third-order valence-electron chi connectivity index (χ3n) is 4.87. The number of likely N-dealkylation sites (tertiary alicyclic amines) is 1. The average molecular weight is 193 g/mol. The maximum Gasteiger partial charge on any atom is 0.0101 e. The van der Waals surface area contributed by atoms with Gasteiger partial charge in [0.25, 0.3) is 0 Å². The van der Waals surface area contributed by atoms with E-state index < -0.39 is 0 Å². The molecule has 2 aliphatic carbocycles. The summed E-state index contributed by atoms with van der Waals surface area (Å²) in [7, 11) is 0. The molecule has 0 unspecified atom stereocenters. The molecule has 0 amide bonds. The zero-order valence-corrected chi connectivity index (χ0v) is 9.25. The predicted octanol–water partition coefficient (Wildman–Crippen LogP) is 3.05. The monoisotopic (exact) mass is 193 g/mol. The highest BCUT2D eigenvalue weighted by atomic mass is 15.2. The summed E-state index contributed by atoms with van der Waals surface area (Å²) in [5.41, 5.74) is 0. The summed E-state index contributed by atoms with van der Waals surface area (Å²) >= 11 is 0. The zero-order valence-electron chi connectivity index (χ0n) is 9.25. The zero-order chi connectivity index (χ0) is 9.38. The highest BCUT2D eigenvalue weighted by molar-refractivity contribution is 4.93. The molecule has 2 saturated carbocycles.